The highest BCUT2D eigenvalue weighted by atomic mass is 16.3. The van der Waals surface area contributed by atoms with Crippen LogP contribution in [0.2, 0.25) is 0 Å². The molecule has 0 radical (unpaired) electrons. The lowest BCUT2D eigenvalue weighted by Crippen LogP contribution is -2.03. The van der Waals surface area contributed by atoms with Crippen LogP contribution in [0.15, 0.2) is 48.5 Å². The summed E-state index contributed by atoms with van der Waals surface area (Å²) in [7, 11) is 0. The Kier molecular flexibility index (Phi) is 2.26. The van der Waals surface area contributed by atoms with Crippen LogP contribution in [0.1, 0.15) is 5.56 Å². The molecule has 0 atom stereocenters. The zero-order valence-electron chi connectivity index (χ0n) is 9.11. The fourth-order valence-electron chi connectivity index (χ4n) is 1.79. The first-order chi connectivity index (χ1) is 8.31. The van der Waals surface area contributed by atoms with Crippen LogP contribution in [-0.4, -0.2) is 20.1 Å². The van der Waals surface area contributed by atoms with Crippen molar-refractivity contribution in [1.82, 2.24) is 15.0 Å². The second-order valence-corrected chi connectivity index (χ2v) is 3.89. The molecule has 0 fully saturated rings. The summed E-state index contributed by atoms with van der Waals surface area (Å²) in [6.45, 7) is 0.559. The molecule has 4 heteroatoms. The topological polar surface area (TPSA) is 50.9 Å². The van der Waals surface area contributed by atoms with Crippen molar-refractivity contribution >= 4 is 11.0 Å². The molecule has 2 aromatic carbocycles. The van der Waals surface area contributed by atoms with Crippen LogP contribution in [-0.2, 0) is 6.54 Å². The van der Waals surface area contributed by atoms with Crippen molar-refractivity contribution < 1.29 is 5.11 Å². The number of phenolic OH excluding ortho intramolecular Hbond substituents is 1. The number of benzene rings is 2. The van der Waals surface area contributed by atoms with E-state index in [1.807, 2.05) is 36.4 Å². The van der Waals surface area contributed by atoms with Crippen LogP contribution >= 0.6 is 0 Å². The molecule has 0 spiro atoms. The lowest BCUT2D eigenvalue weighted by molar-refractivity contribution is 0.473. The second kappa shape index (κ2) is 3.90. The predicted molar refractivity (Wildman–Crippen MR) is 64.7 cm³/mol. The number of aromatic hydroxyl groups is 1. The molecular formula is C13H11N3O. The molecule has 3 aromatic rings. The number of aromatic nitrogens is 3. The second-order valence-electron chi connectivity index (χ2n) is 3.89. The van der Waals surface area contributed by atoms with E-state index in [4.69, 9.17) is 0 Å². The van der Waals surface area contributed by atoms with Gasteiger partial charge < -0.3 is 5.11 Å². The van der Waals surface area contributed by atoms with Gasteiger partial charge in [-0.25, -0.2) is 0 Å². The number of nitrogens with zero attached hydrogens (tertiary/aromatic N) is 3. The van der Waals surface area contributed by atoms with E-state index in [-0.39, 0.29) is 5.75 Å². The molecule has 0 amide bonds. The largest absolute Gasteiger partial charge is 0.508 e. The van der Waals surface area contributed by atoms with Crippen molar-refractivity contribution in [3.63, 3.8) is 0 Å². The molecule has 1 heterocycles. The van der Waals surface area contributed by atoms with Crippen molar-refractivity contribution in [2.45, 2.75) is 6.54 Å². The highest BCUT2D eigenvalue weighted by molar-refractivity contribution is 5.72. The van der Waals surface area contributed by atoms with Crippen molar-refractivity contribution in [3.05, 3.63) is 54.1 Å². The van der Waals surface area contributed by atoms with Gasteiger partial charge in [-0.3, -0.25) is 0 Å². The molecule has 84 valence electrons. The van der Waals surface area contributed by atoms with Gasteiger partial charge in [0.05, 0.1) is 6.54 Å². The van der Waals surface area contributed by atoms with Gasteiger partial charge in [-0.05, 0) is 29.8 Å². The van der Waals surface area contributed by atoms with Crippen LogP contribution in [0.25, 0.3) is 11.0 Å². The Balaban J connectivity index is 1.94. The summed E-state index contributed by atoms with van der Waals surface area (Å²) in [6.07, 6.45) is 0. The van der Waals surface area contributed by atoms with E-state index >= 15 is 0 Å². The Hall–Kier alpha value is -2.36. The summed E-state index contributed by atoms with van der Waals surface area (Å²) in [5.74, 6) is 0.263. The molecule has 0 aliphatic rings. The highest BCUT2D eigenvalue weighted by Crippen LogP contribution is 2.13. The molecule has 3 rings (SSSR count). The highest BCUT2D eigenvalue weighted by Gasteiger charge is 2.02. The smallest absolute Gasteiger partial charge is 0.115 e. The number of phenols is 1. The summed E-state index contributed by atoms with van der Waals surface area (Å²) in [4.78, 5) is 1.64. The molecule has 0 aliphatic heterocycles. The van der Waals surface area contributed by atoms with Crippen molar-refractivity contribution in [2.75, 3.05) is 0 Å². The molecule has 0 saturated carbocycles. The number of rotatable bonds is 2. The van der Waals surface area contributed by atoms with Gasteiger partial charge in [0.1, 0.15) is 16.8 Å². The molecule has 0 unspecified atom stereocenters. The van der Waals surface area contributed by atoms with Crippen LogP contribution in [0, 0.1) is 0 Å². The summed E-state index contributed by atoms with van der Waals surface area (Å²) in [5.41, 5.74) is 2.74. The predicted octanol–water partition coefficient (Wildman–Crippen LogP) is 2.19. The van der Waals surface area contributed by atoms with E-state index in [1.165, 1.54) is 0 Å². The summed E-state index contributed by atoms with van der Waals surface area (Å²) in [5, 5.41) is 18.1. The molecular weight excluding hydrogens is 214 g/mol. The van der Waals surface area contributed by atoms with Gasteiger partial charge in [-0.15, -0.1) is 0 Å². The molecule has 0 saturated heterocycles. The number of hydrogen-bond acceptors (Lipinski definition) is 3. The maximum absolute atomic E-state index is 9.38. The van der Waals surface area contributed by atoms with E-state index < -0.39 is 0 Å². The first kappa shape index (κ1) is 9.84. The Labute approximate surface area is 98.1 Å². The van der Waals surface area contributed by atoms with Gasteiger partial charge in [0, 0.05) is 0 Å². The minimum absolute atomic E-state index is 0.263. The third-order valence-corrected chi connectivity index (χ3v) is 2.56. The van der Waals surface area contributed by atoms with Crippen molar-refractivity contribution in [3.8, 4) is 5.75 Å². The quantitative estimate of drug-likeness (QED) is 0.727. The normalized spacial score (nSPS) is 10.8. The van der Waals surface area contributed by atoms with E-state index in [0.29, 0.717) is 6.54 Å². The zero-order valence-corrected chi connectivity index (χ0v) is 9.11. The van der Waals surface area contributed by atoms with E-state index in [1.54, 1.807) is 16.9 Å². The maximum atomic E-state index is 9.38. The van der Waals surface area contributed by atoms with Crippen molar-refractivity contribution in [1.29, 1.82) is 0 Å². The first-order valence-electron chi connectivity index (χ1n) is 5.39. The Morgan fingerprint density at radius 1 is 0.941 bits per heavy atom. The summed E-state index contributed by atoms with van der Waals surface area (Å²) >= 11 is 0. The average Bonchev–Trinajstić information content (AvgIpc) is 2.71. The third kappa shape index (κ3) is 1.97. The van der Waals surface area contributed by atoms with E-state index in [0.717, 1.165) is 16.6 Å². The number of fused-ring (bicyclic) bond motifs is 1. The summed E-state index contributed by atoms with van der Waals surface area (Å²) < 4.78 is 0. The van der Waals surface area contributed by atoms with Gasteiger partial charge in [-0.1, -0.05) is 24.3 Å². The molecule has 0 aliphatic carbocycles. The zero-order chi connectivity index (χ0) is 11.7. The Morgan fingerprint density at radius 2 is 1.65 bits per heavy atom. The average molecular weight is 225 g/mol. The molecule has 4 nitrogen and oxygen atoms in total. The van der Waals surface area contributed by atoms with Crippen LogP contribution in [0.3, 0.4) is 0 Å². The molecule has 1 N–H and O–H groups in total. The third-order valence-electron chi connectivity index (χ3n) is 2.56. The molecule has 17 heavy (non-hydrogen) atoms. The first-order valence-corrected chi connectivity index (χ1v) is 5.39. The fourth-order valence-corrected chi connectivity index (χ4v) is 1.79. The lowest BCUT2D eigenvalue weighted by atomic mass is 10.2. The standard InChI is InChI=1S/C13H11N3O/c17-11-5-3-4-10(8-11)9-16-14-12-6-1-2-7-13(12)15-16/h1-8,17H,9H2. The minimum atomic E-state index is 0.263. The van der Waals surface area contributed by atoms with Gasteiger partial charge in [0.25, 0.3) is 0 Å². The lowest BCUT2D eigenvalue weighted by Gasteiger charge is -2.00. The van der Waals surface area contributed by atoms with Crippen LogP contribution in [0.4, 0.5) is 0 Å². The van der Waals surface area contributed by atoms with Gasteiger partial charge in [0.15, 0.2) is 0 Å². The SMILES string of the molecule is Oc1cccc(Cn2nc3ccccc3n2)c1. The Morgan fingerprint density at radius 3 is 2.29 bits per heavy atom. The Bertz CT molecular complexity index is 627. The van der Waals surface area contributed by atoms with E-state index in [2.05, 4.69) is 10.2 Å². The monoisotopic (exact) mass is 225 g/mol. The minimum Gasteiger partial charge on any atom is -0.508 e. The van der Waals surface area contributed by atoms with Gasteiger partial charge >= 0.3 is 0 Å². The van der Waals surface area contributed by atoms with Gasteiger partial charge in [-0.2, -0.15) is 15.0 Å². The van der Waals surface area contributed by atoms with Crippen LogP contribution in [0.5, 0.6) is 5.75 Å². The van der Waals surface area contributed by atoms with Gasteiger partial charge in [0.2, 0.25) is 0 Å². The molecule has 1 aromatic heterocycles. The maximum Gasteiger partial charge on any atom is 0.115 e. The van der Waals surface area contributed by atoms with Crippen molar-refractivity contribution in [2.24, 2.45) is 0 Å². The number of hydrogen-bond donors (Lipinski definition) is 1. The van der Waals surface area contributed by atoms with Crippen LogP contribution < -0.4 is 0 Å². The van der Waals surface area contributed by atoms with E-state index in [9.17, 15) is 5.11 Å². The molecule has 0 bridgehead atoms. The summed E-state index contributed by atoms with van der Waals surface area (Å²) in [6, 6.07) is 14.9. The fraction of sp³-hybridized carbons (Fsp3) is 0.0769.